The summed E-state index contributed by atoms with van der Waals surface area (Å²) in [4.78, 5) is 24.2. The van der Waals surface area contributed by atoms with Crippen molar-refractivity contribution < 1.29 is 34.8 Å². The number of quaternary nitrogens is 1. The highest BCUT2D eigenvalue weighted by Gasteiger charge is 2.15. The van der Waals surface area contributed by atoms with Crippen LogP contribution in [0.1, 0.15) is 43.5 Å². The van der Waals surface area contributed by atoms with Crippen LogP contribution in [0.2, 0.25) is 5.02 Å². The number of alkyl halides is 1. The van der Waals surface area contributed by atoms with Crippen molar-refractivity contribution in [1.82, 2.24) is 29.2 Å². The Labute approximate surface area is 372 Å². The fourth-order valence-corrected chi connectivity index (χ4v) is 6.00. The zero-order valence-corrected chi connectivity index (χ0v) is 38.9. The molecule has 7 rings (SSSR count). The summed E-state index contributed by atoms with van der Waals surface area (Å²) in [5, 5.41) is 23.8. The molecule has 0 aliphatic carbocycles. The molecule has 0 spiro atoms. The molecule has 0 bridgehead atoms. The Morgan fingerprint density at radius 2 is 1.31 bits per heavy atom. The van der Waals surface area contributed by atoms with Gasteiger partial charge in [-0.25, -0.2) is 9.97 Å². The highest BCUT2D eigenvalue weighted by molar-refractivity contribution is 9.11. The maximum absolute atomic E-state index is 7.53. The highest BCUT2D eigenvalue weighted by Crippen LogP contribution is 2.30. The van der Waals surface area contributed by atoms with Gasteiger partial charge in [-0.05, 0) is 56.0 Å². The number of hydrogen-bond acceptors (Lipinski definition) is 11. The fourth-order valence-electron chi connectivity index (χ4n) is 5.07. The number of nitrogens with one attached hydrogen (secondary N) is 2. The summed E-state index contributed by atoms with van der Waals surface area (Å²) in [5.41, 5.74) is 12.1. The van der Waals surface area contributed by atoms with Gasteiger partial charge in [-0.15, -0.1) is 0 Å². The van der Waals surface area contributed by atoms with Crippen molar-refractivity contribution in [3.8, 4) is 11.3 Å². The van der Waals surface area contributed by atoms with Gasteiger partial charge in [-0.3, -0.25) is 9.68 Å². The molecule has 1 atom stereocenters. The molecule has 59 heavy (non-hydrogen) atoms. The van der Waals surface area contributed by atoms with E-state index in [0.717, 1.165) is 66.5 Å². The van der Waals surface area contributed by atoms with Crippen LogP contribution in [0, 0.1) is 0 Å². The van der Waals surface area contributed by atoms with Gasteiger partial charge in [0.25, 0.3) is 0 Å². The Bertz CT molecular complexity index is 2380. The number of nitrogens with two attached hydrogens (primary N) is 2. The summed E-state index contributed by atoms with van der Waals surface area (Å²) >= 11 is 16.6. The molecule has 6 heterocycles. The van der Waals surface area contributed by atoms with Gasteiger partial charge in [0.05, 0.1) is 34.1 Å². The molecule has 7 aromatic rings. The van der Waals surface area contributed by atoms with Crippen LogP contribution in [0.25, 0.3) is 22.6 Å². The summed E-state index contributed by atoms with van der Waals surface area (Å²) in [7, 11) is 4.64. The van der Waals surface area contributed by atoms with Crippen LogP contribution < -0.4 is 41.1 Å². The van der Waals surface area contributed by atoms with Crippen LogP contribution in [0.4, 0.5) is 11.6 Å². The second-order valence-electron chi connectivity index (χ2n) is 12.8. The van der Waals surface area contributed by atoms with Crippen LogP contribution in [-0.2, 0) is 17.9 Å². The summed E-state index contributed by atoms with van der Waals surface area (Å²) in [6.45, 7) is 8.26. The van der Waals surface area contributed by atoms with Crippen LogP contribution in [0.3, 0.4) is 0 Å². The van der Waals surface area contributed by atoms with E-state index < -0.39 is 0 Å². The first kappa shape index (κ1) is 47.2. The van der Waals surface area contributed by atoms with E-state index in [-0.39, 0.29) is 0 Å². The predicted molar refractivity (Wildman–Crippen MR) is 237 cm³/mol. The maximum atomic E-state index is 7.53. The first-order valence-electron chi connectivity index (χ1n) is 18.2. The third-order valence-corrected chi connectivity index (χ3v) is 9.91. The number of halogens is 4. The van der Waals surface area contributed by atoms with Crippen molar-refractivity contribution in [2.75, 3.05) is 38.5 Å². The van der Waals surface area contributed by atoms with Crippen LogP contribution in [-0.4, -0.2) is 67.1 Å². The van der Waals surface area contributed by atoms with Gasteiger partial charge in [0.2, 0.25) is 24.8 Å². The quantitative estimate of drug-likeness (QED) is 0.0587. The molecule has 0 radical (unpaired) electrons. The minimum atomic E-state index is 0.342. The maximum Gasteiger partial charge on any atom is 0.227 e. The fraction of sp³-hybridized carbons (Fsp3) is 0.282. The molecule has 314 valence electrons. The average molecular weight is 1030 g/mol. The van der Waals surface area contributed by atoms with Crippen LogP contribution >= 0.6 is 59.4 Å². The smallest absolute Gasteiger partial charge is 0.227 e. The van der Waals surface area contributed by atoms with E-state index in [1.54, 1.807) is 40.6 Å². The van der Waals surface area contributed by atoms with E-state index in [4.69, 9.17) is 37.2 Å². The normalized spacial score (nSPS) is 11.1. The molecular formula is C39H49Br3ClN12O4+3. The summed E-state index contributed by atoms with van der Waals surface area (Å²) in [5.74, 6) is 2.07. The zero-order chi connectivity index (χ0) is 42.9. The number of rotatable bonds is 12. The molecule has 20 heteroatoms. The molecule has 16 nitrogen and oxygen atoms in total. The third kappa shape index (κ3) is 13.8. The summed E-state index contributed by atoms with van der Waals surface area (Å²) in [6.07, 6.45) is 11.0. The van der Waals surface area contributed by atoms with Gasteiger partial charge < -0.3 is 16.4 Å². The van der Waals surface area contributed by atoms with E-state index in [2.05, 4.69) is 92.3 Å². The number of aromatic nitrogens is 8. The van der Waals surface area contributed by atoms with Crippen LogP contribution in [0.5, 0.6) is 0 Å². The first-order valence-corrected chi connectivity index (χ1v) is 21.0. The van der Waals surface area contributed by atoms with Crippen LogP contribution in [0.15, 0.2) is 107 Å². The molecule has 1 aromatic carbocycles. The zero-order valence-electron chi connectivity index (χ0n) is 33.4. The Morgan fingerprint density at radius 1 is 0.814 bits per heavy atom. The number of nitrogens with zero attached hydrogens (tertiary/aromatic N) is 8. The Balaban J connectivity index is 0.000000218. The van der Waals surface area contributed by atoms with Crippen molar-refractivity contribution in [2.45, 2.75) is 44.6 Å². The molecular weight excluding hydrogens is 976 g/mol. The lowest BCUT2D eigenvalue weighted by Gasteiger charge is -2.12. The monoisotopic (exact) mass is 1020 g/mol. The molecule has 0 aliphatic rings. The molecule has 6 aromatic heterocycles. The van der Waals surface area contributed by atoms with E-state index in [1.165, 1.54) is 7.11 Å². The van der Waals surface area contributed by atoms with Crippen molar-refractivity contribution in [2.24, 2.45) is 5.73 Å². The second-order valence-corrected chi connectivity index (χ2v) is 16.4. The SMILES string of the molecule is CC(Br)CN.CO[NH2+]O.CO[n+]1cccc(CNc2cc(-c3ccccc3Cl)nc3c(Br)cnn23)c1.CO[n+]1cccc(CNc2cc(C(C)C)nc3c(Br)cnn23)c1. The van der Waals surface area contributed by atoms with E-state index in [9.17, 15) is 0 Å². The van der Waals surface area contributed by atoms with Gasteiger partial charge in [-0.1, -0.05) is 72.1 Å². The van der Waals surface area contributed by atoms with Crippen molar-refractivity contribution in [1.29, 1.82) is 0 Å². The lowest BCUT2D eigenvalue weighted by molar-refractivity contribution is -1.06. The van der Waals surface area contributed by atoms with Gasteiger partial charge in [0.15, 0.2) is 11.3 Å². The Hall–Kier alpha value is -4.47. The number of benzene rings is 1. The van der Waals surface area contributed by atoms with Crippen molar-refractivity contribution in [3.05, 3.63) is 129 Å². The van der Waals surface area contributed by atoms with E-state index in [0.29, 0.717) is 34.5 Å². The van der Waals surface area contributed by atoms with Gasteiger partial charge >= 0.3 is 0 Å². The Morgan fingerprint density at radius 3 is 1.76 bits per heavy atom. The minimum absolute atomic E-state index is 0.342. The molecule has 0 saturated carbocycles. The van der Waals surface area contributed by atoms with Gasteiger partial charge in [0, 0.05) is 85.6 Å². The van der Waals surface area contributed by atoms with Crippen molar-refractivity contribution >= 4 is 82.3 Å². The highest BCUT2D eigenvalue weighted by atomic mass is 79.9. The van der Waals surface area contributed by atoms with Gasteiger partial charge in [-0.2, -0.15) is 29.3 Å². The lowest BCUT2D eigenvalue weighted by atomic mass is 10.1. The topological polar surface area (TPSA) is 183 Å². The van der Waals surface area contributed by atoms with Crippen molar-refractivity contribution in [3.63, 3.8) is 0 Å². The largest absolute Gasteiger partial charge is 0.366 e. The number of hydrogen-bond donors (Lipinski definition) is 5. The predicted octanol–water partition coefficient (Wildman–Crippen LogP) is 5.57. The van der Waals surface area contributed by atoms with E-state index in [1.807, 2.05) is 96.9 Å². The molecule has 0 saturated heterocycles. The molecule has 1 unspecified atom stereocenters. The number of fused-ring (bicyclic) bond motifs is 2. The lowest BCUT2D eigenvalue weighted by Crippen LogP contribution is -2.78. The minimum Gasteiger partial charge on any atom is -0.366 e. The standard InChI is InChI=1S/C19H16BrClN5O.C16H19BrN5O.C3H8BrN.CH6NO2/c1-27-25-8-4-5-13(12-25)10-22-18-9-17(14-6-2-3-7-16(14)21)24-19-15(20)11-23-26(18)19;1-11(2)14-7-15(22-16(20-14)13(17)9-19-22)18-8-12-5-4-6-21(10-12)23-3;1-3(4)2-5;1-4-2-3/h2-9,11-12,22H,10H2,1H3;4-7,9-11,18H,8H2,1-3H3;3H,2,5H2,1H3;3H,2H2,1H3/q2*+1;;+1. The molecule has 0 amide bonds. The summed E-state index contributed by atoms with van der Waals surface area (Å²) < 4.78 is 8.60. The summed E-state index contributed by atoms with van der Waals surface area (Å²) in [6, 6.07) is 19.6. The Kier molecular flexibility index (Phi) is 19.2. The van der Waals surface area contributed by atoms with E-state index >= 15 is 0 Å². The first-order chi connectivity index (χ1) is 28.4. The average Bonchev–Trinajstić information content (AvgIpc) is 3.83. The molecule has 7 N–H and O–H groups in total. The number of pyridine rings is 2. The van der Waals surface area contributed by atoms with Gasteiger partial charge in [0.1, 0.15) is 25.9 Å². The molecule has 0 fully saturated rings. The third-order valence-electron chi connectivity index (χ3n) is 8.09. The molecule has 0 aliphatic heterocycles. The number of anilines is 2. The second kappa shape index (κ2) is 24.0.